The Labute approximate surface area is 144 Å². The monoisotopic (exact) mass is 347 g/mol. The maximum absolute atomic E-state index is 12.9. The van der Waals surface area contributed by atoms with Crippen molar-refractivity contribution in [2.24, 2.45) is 7.05 Å². The quantitative estimate of drug-likeness (QED) is 0.843. The highest BCUT2D eigenvalue weighted by Crippen LogP contribution is 2.30. The van der Waals surface area contributed by atoms with Crippen molar-refractivity contribution >= 4 is 23.0 Å². The molecule has 2 heterocycles. The molecule has 2 aromatic rings. The van der Waals surface area contributed by atoms with E-state index in [4.69, 9.17) is 9.15 Å². The van der Waals surface area contributed by atoms with Gasteiger partial charge in [0.25, 0.3) is 11.5 Å². The lowest BCUT2D eigenvalue weighted by Gasteiger charge is -2.35. The largest absolute Gasteiger partial charge is 0.467 e. The Balaban J connectivity index is 2.05. The molecule has 134 valence electrons. The Bertz CT molecular complexity index is 890. The Morgan fingerprint density at radius 2 is 2.00 bits per heavy atom. The van der Waals surface area contributed by atoms with Crippen LogP contribution in [0.1, 0.15) is 48.2 Å². The summed E-state index contributed by atoms with van der Waals surface area (Å²) in [5.74, 6) is -0.690. The van der Waals surface area contributed by atoms with Crippen LogP contribution in [0, 0.1) is 6.92 Å². The molecule has 0 spiro atoms. The van der Waals surface area contributed by atoms with Crippen LogP contribution in [0.15, 0.2) is 15.5 Å². The van der Waals surface area contributed by atoms with E-state index in [-0.39, 0.29) is 22.2 Å². The van der Waals surface area contributed by atoms with E-state index in [0.717, 1.165) is 19.3 Å². The fourth-order valence-electron chi connectivity index (χ4n) is 3.47. The smallest absolute Gasteiger partial charge is 0.331 e. The van der Waals surface area contributed by atoms with E-state index in [1.807, 2.05) is 0 Å². The molecule has 0 aliphatic heterocycles. The first-order chi connectivity index (χ1) is 11.9. The lowest BCUT2D eigenvalue weighted by molar-refractivity contribution is -0.149. The molecule has 3 rings (SSSR count). The van der Waals surface area contributed by atoms with Gasteiger partial charge in [-0.25, -0.2) is 9.78 Å². The van der Waals surface area contributed by atoms with Gasteiger partial charge in [-0.2, -0.15) is 0 Å². The van der Waals surface area contributed by atoms with E-state index in [1.54, 1.807) is 14.0 Å². The summed E-state index contributed by atoms with van der Waals surface area (Å²) in [6.45, 7) is 1.60. The standard InChI is InChI=1S/C17H21N3O5/c1-10-11(12-14(25-10)18-9-20(2)15(12)22)13(21)19-17(16(23)24-3)7-5-4-6-8-17/h9H,4-8H2,1-3H3,(H,19,21). The van der Waals surface area contributed by atoms with Crippen LogP contribution in [0.4, 0.5) is 0 Å². The number of carbonyl (C=O) groups is 2. The number of hydrogen-bond acceptors (Lipinski definition) is 6. The number of methoxy groups -OCH3 is 1. The van der Waals surface area contributed by atoms with Crippen LogP contribution in [0.5, 0.6) is 0 Å². The zero-order chi connectivity index (χ0) is 18.2. The summed E-state index contributed by atoms with van der Waals surface area (Å²) in [4.78, 5) is 41.7. The van der Waals surface area contributed by atoms with Crippen LogP contribution < -0.4 is 10.9 Å². The number of nitrogens with one attached hydrogen (secondary N) is 1. The lowest BCUT2D eigenvalue weighted by atomic mass is 9.81. The minimum atomic E-state index is -1.06. The van der Waals surface area contributed by atoms with Gasteiger partial charge in [-0.3, -0.25) is 9.59 Å². The molecular weight excluding hydrogens is 326 g/mol. The highest BCUT2D eigenvalue weighted by molar-refractivity contribution is 6.07. The highest BCUT2D eigenvalue weighted by atomic mass is 16.5. The molecule has 2 aromatic heterocycles. The molecule has 1 aliphatic rings. The van der Waals surface area contributed by atoms with Crippen molar-refractivity contribution in [2.75, 3.05) is 7.11 Å². The highest BCUT2D eigenvalue weighted by Gasteiger charge is 2.43. The van der Waals surface area contributed by atoms with Crippen molar-refractivity contribution < 1.29 is 18.7 Å². The third-order valence-electron chi connectivity index (χ3n) is 4.81. The number of carbonyl (C=O) groups excluding carboxylic acids is 2. The van der Waals surface area contributed by atoms with E-state index < -0.39 is 17.4 Å². The molecule has 0 aromatic carbocycles. The average molecular weight is 347 g/mol. The number of fused-ring (bicyclic) bond motifs is 1. The first-order valence-corrected chi connectivity index (χ1v) is 8.25. The number of aromatic nitrogens is 2. The van der Waals surface area contributed by atoms with Crippen molar-refractivity contribution in [2.45, 2.75) is 44.6 Å². The summed E-state index contributed by atoms with van der Waals surface area (Å²) >= 11 is 0. The SMILES string of the molecule is COC(=O)C1(NC(=O)c2c(C)oc3ncn(C)c(=O)c23)CCCCC1. The predicted octanol–water partition coefficient (Wildman–Crippen LogP) is 1.44. The normalized spacial score (nSPS) is 16.6. The van der Waals surface area contributed by atoms with Crippen LogP contribution in [0.3, 0.4) is 0 Å². The fraction of sp³-hybridized carbons (Fsp3) is 0.529. The minimum absolute atomic E-state index is 0.113. The van der Waals surface area contributed by atoms with Crippen LogP contribution in [-0.2, 0) is 16.6 Å². The van der Waals surface area contributed by atoms with Gasteiger partial charge in [0.05, 0.1) is 12.7 Å². The lowest BCUT2D eigenvalue weighted by Crippen LogP contribution is -2.56. The van der Waals surface area contributed by atoms with Crippen molar-refractivity contribution in [3.63, 3.8) is 0 Å². The van der Waals surface area contributed by atoms with Crippen molar-refractivity contribution in [3.05, 3.63) is 28.0 Å². The zero-order valence-electron chi connectivity index (χ0n) is 14.5. The van der Waals surface area contributed by atoms with Gasteiger partial charge in [0.1, 0.15) is 23.0 Å². The molecule has 25 heavy (non-hydrogen) atoms. The van der Waals surface area contributed by atoms with Gasteiger partial charge in [0, 0.05) is 7.05 Å². The summed E-state index contributed by atoms with van der Waals surface area (Å²) in [6.07, 6.45) is 5.01. The molecule has 1 fully saturated rings. The van der Waals surface area contributed by atoms with E-state index >= 15 is 0 Å². The second kappa shape index (κ2) is 6.34. The Hall–Kier alpha value is -2.64. The number of aryl methyl sites for hydroxylation is 2. The van der Waals surface area contributed by atoms with Gasteiger partial charge in [-0.1, -0.05) is 19.3 Å². The average Bonchev–Trinajstić information content (AvgIpc) is 2.95. The molecule has 8 heteroatoms. The number of hydrogen-bond donors (Lipinski definition) is 1. The van der Waals surface area contributed by atoms with Crippen LogP contribution >= 0.6 is 0 Å². The molecule has 0 saturated heterocycles. The van der Waals surface area contributed by atoms with Crippen LogP contribution in [0.2, 0.25) is 0 Å². The Morgan fingerprint density at radius 1 is 1.32 bits per heavy atom. The molecule has 1 aliphatic carbocycles. The molecular formula is C17H21N3O5. The summed E-state index contributed by atoms with van der Waals surface area (Å²) in [5, 5.41) is 2.94. The molecule has 0 unspecified atom stereocenters. The third kappa shape index (κ3) is 2.81. The van der Waals surface area contributed by atoms with E-state index in [0.29, 0.717) is 18.6 Å². The number of furan rings is 1. The van der Waals surface area contributed by atoms with Crippen molar-refractivity contribution in [1.29, 1.82) is 0 Å². The topological polar surface area (TPSA) is 103 Å². The number of ether oxygens (including phenoxy) is 1. The van der Waals surface area contributed by atoms with Crippen molar-refractivity contribution in [1.82, 2.24) is 14.9 Å². The van der Waals surface area contributed by atoms with Crippen LogP contribution in [-0.4, -0.2) is 34.1 Å². The maximum Gasteiger partial charge on any atom is 0.331 e. The molecule has 8 nitrogen and oxygen atoms in total. The first kappa shape index (κ1) is 17.2. The van der Waals surface area contributed by atoms with E-state index in [2.05, 4.69) is 10.3 Å². The van der Waals surface area contributed by atoms with Crippen LogP contribution in [0.25, 0.3) is 11.1 Å². The number of rotatable bonds is 3. The Morgan fingerprint density at radius 3 is 2.64 bits per heavy atom. The third-order valence-corrected chi connectivity index (χ3v) is 4.81. The van der Waals surface area contributed by atoms with Gasteiger partial charge in [0.2, 0.25) is 5.71 Å². The maximum atomic E-state index is 12.9. The first-order valence-electron chi connectivity index (χ1n) is 8.25. The van der Waals surface area contributed by atoms with E-state index in [9.17, 15) is 14.4 Å². The summed E-state index contributed by atoms with van der Waals surface area (Å²) in [6, 6.07) is 0. The summed E-state index contributed by atoms with van der Waals surface area (Å²) in [5.41, 5.74) is -1.20. The Kier molecular flexibility index (Phi) is 4.36. The summed E-state index contributed by atoms with van der Waals surface area (Å²) in [7, 11) is 2.86. The number of nitrogens with zero attached hydrogens (tertiary/aromatic N) is 2. The second-order valence-corrected chi connectivity index (χ2v) is 6.46. The molecule has 0 radical (unpaired) electrons. The van der Waals surface area contributed by atoms with Crippen molar-refractivity contribution in [3.8, 4) is 0 Å². The number of amides is 1. The predicted molar refractivity (Wildman–Crippen MR) is 89.3 cm³/mol. The second-order valence-electron chi connectivity index (χ2n) is 6.46. The fourth-order valence-corrected chi connectivity index (χ4v) is 3.47. The summed E-state index contributed by atoms with van der Waals surface area (Å²) < 4.78 is 11.7. The van der Waals surface area contributed by atoms with E-state index in [1.165, 1.54) is 18.0 Å². The van der Waals surface area contributed by atoms with Gasteiger partial charge in [-0.05, 0) is 19.8 Å². The zero-order valence-corrected chi connectivity index (χ0v) is 14.5. The van der Waals surface area contributed by atoms with Gasteiger partial charge >= 0.3 is 5.97 Å². The van der Waals surface area contributed by atoms with Gasteiger partial charge in [0.15, 0.2) is 0 Å². The molecule has 1 saturated carbocycles. The molecule has 1 amide bonds. The van der Waals surface area contributed by atoms with Gasteiger partial charge < -0.3 is 19.0 Å². The molecule has 0 bridgehead atoms. The van der Waals surface area contributed by atoms with Gasteiger partial charge in [-0.15, -0.1) is 0 Å². The molecule has 0 atom stereocenters. The molecule has 1 N–H and O–H groups in total. The number of esters is 1. The minimum Gasteiger partial charge on any atom is -0.467 e.